The summed E-state index contributed by atoms with van der Waals surface area (Å²) in [4.78, 5) is 25.0. The molecule has 4 atom stereocenters. The summed E-state index contributed by atoms with van der Waals surface area (Å²) in [6.45, 7) is -0.0565. The van der Waals surface area contributed by atoms with Gasteiger partial charge in [0.15, 0.2) is 6.23 Å². The molecule has 190 valence electrons. The van der Waals surface area contributed by atoms with Gasteiger partial charge in [-0.2, -0.15) is 4.39 Å². The highest BCUT2D eigenvalue weighted by molar-refractivity contribution is 9.09. The van der Waals surface area contributed by atoms with Crippen LogP contribution in [0.3, 0.4) is 0 Å². The number of aromatic nitrogens is 2. The van der Waals surface area contributed by atoms with Gasteiger partial charge in [-0.1, -0.05) is 107 Å². The van der Waals surface area contributed by atoms with Crippen molar-refractivity contribution >= 4 is 15.9 Å². The molecule has 1 aliphatic rings. The zero-order chi connectivity index (χ0) is 26.0. The normalized spacial score (nSPS) is 21.7. The van der Waals surface area contributed by atoms with E-state index in [4.69, 9.17) is 9.47 Å². The van der Waals surface area contributed by atoms with Crippen molar-refractivity contribution in [3.8, 4) is 0 Å². The summed E-state index contributed by atoms with van der Waals surface area (Å²) in [6.07, 6.45) is -2.25. The maximum absolute atomic E-state index is 13.9. The van der Waals surface area contributed by atoms with Crippen LogP contribution in [0.4, 0.5) is 4.39 Å². The van der Waals surface area contributed by atoms with E-state index in [0.29, 0.717) is 0 Å². The first kappa shape index (κ1) is 25.3. The third-order valence-corrected chi connectivity index (χ3v) is 7.49. The largest absolute Gasteiger partial charge is 0.389 e. The molecule has 1 fully saturated rings. The number of aliphatic hydroxyl groups is 1. The molecule has 2 heterocycles. The molecule has 1 saturated heterocycles. The Morgan fingerprint density at radius 1 is 0.919 bits per heavy atom. The minimum absolute atomic E-state index is 0.0565. The second-order valence-corrected chi connectivity index (χ2v) is 9.79. The zero-order valence-electron chi connectivity index (χ0n) is 19.5. The van der Waals surface area contributed by atoms with Crippen LogP contribution in [-0.2, 0) is 15.1 Å². The van der Waals surface area contributed by atoms with E-state index in [2.05, 4.69) is 15.9 Å². The van der Waals surface area contributed by atoms with Gasteiger partial charge in [0.05, 0.1) is 23.7 Å². The Balaban J connectivity index is 1.53. The van der Waals surface area contributed by atoms with Crippen LogP contribution in [0.5, 0.6) is 0 Å². The molecule has 0 radical (unpaired) electrons. The van der Waals surface area contributed by atoms with E-state index in [1.165, 1.54) is 0 Å². The highest BCUT2D eigenvalue weighted by atomic mass is 79.9. The monoisotopic (exact) mass is 566 g/mol. The van der Waals surface area contributed by atoms with Crippen molar-refractivity contribution in [3.63, 3.8) is 0 Å². The first-order valence-corrected chi connectivity index (χ1v) is 12.6. The molecule has 1 aromatic heterocycles. The van der Waals surface area contributed by atoms with Crippen LogP contribution >= 0.6 is 15.9 Å². The number of halogens is 2. The number of ether oxygens (including phenoxy) is 2. The molecular weight excluding hydrogens is 543 g/mol. The number of benzene rings is 3. The minimum atomic E-state index is -1.13. The first-order valence-electron chi connectivity index (χ1n) is 11.7. The number of nitrogens with zero attached hydrogens (tertiary/aromatic N) is 1. The average Bonchev–Trinajstić information content (AvgIpc) is 3.21. The summed E-state index contributed by atoms with van der Waals surface area (Å²) in [6, 6.07) is 29.2. The van der Waals surface area contributed by atoms with Gasteiger partial charge >= 0.3 is 5.69 Å². The maximum Gasteiger partial charge on any atom is 0.330 e. The predicted octanol–water partition coefficient (Wildman–Crippen LogP) is 3.71. The number of rotatable bonds is 7. The standard InChI is InChI=1S/C28H24BrFN2O5/c29-23-24(33)22(37-26(23)32-16-21(30)25(34)31-27(32)35)17-36-28(18-10-4-1-5-11-18,19-12-6-2-7-13-19)20-14-8-3-9-15-20/h1-16,22-24,26,33H,17H2,(H,31,34,35)/t22-,23-,24+,26-/m1/s1. The fourth-order valence-electron chi connectivity index (χ4n) is 4.69. The highest BCUT2D eigenvalue weighted by Gasteiger charge is 2.46. The van der Waals surface area contributed by atoms with Crippen molar-refractivity contribution in [1.82, 2.24) is 9.55 Å². The lowest BCUT2D eigenvalue weighted by Crippen LogP contribution is -2.38. The number of alkyl halides is 1. The Morgan fingerprint density at radius 2 is 1.41 bits per heavy atom. The number of aliphatic hydroxyl groups excluding tert-OH is 1. The van der Waals surface area contributed by atoms with Crippen LogP contribution < -0.4 is 11.2 Å². The van der Waals surface area contributed by atoms with Gasteiger partial charge in [-0.25, -0.2) is 4.79 Å². The van der Waals surface area contributed by atoms with Crippen molar-refractivity contribution in [2.75, 3.05) is 6.61 Å². The molecule has 1 aliphatic heterocycles. The lowest BCUT2D eigenvalue weighted by Gasteiger charge is -2.37. The van der Waals surface area contributed by atoms with Gasteiger partial charge in [-0.05, 0) is 16.7 Å². The lowest BCUT2D eigenvalue weighted by molar-refractivity contribution is -0.0944. The van der Waals surface area contributed by atoms with E-state index in [1.54, 1.807) is 0 Å². The summed E-state index contributed by atoms with van der Waals surface area (Å²) in [5.41, 5.74) is -0.360. The van der Waals surface area contributed by atoms with E-state index in [9.17, 15) is 19.1 Å². The molecule has 0 amide bonds. The summed E-state index contributed by atoms with van der Waals surface area (Å²) >= 11 is 3.37. The fraction of sp³-hybridized carbons (Fsp3) is 0.214. The second-order valence-electron chi connectivity index (χ2n) is 8.73. The van der Waals surface area contributed by atoms with Gasteiger partial charge in [-0.15, -0.1) is 0 Å². The molecule has 2 N–H and O–H groups in total. The Kier molecular flexibility index (Phi) is 7.21. The van der Waals surface area contributed by atoms with Gasteiger partial charge in [0.2, 0.25) is 5.82 Å². The second kappa shape index (κ2) is 10.5. The van der Waals surface area contributed by atoms with Crippen LogP contribution in [0.1, 0.15) is 22.9 Å². The molecule has 3 aromatic carbocycles. The Hall–Kier alpha value is -3.37. The van der Waals surface area contributed by atoms with E-state index in [-0.39, 0.29) is 6.61 Å². The van der Waals surface area contributed by atoms with Crippen LogP contribution in [0.15, 0.2) is 107 Å². The number of hydrogen-bond donors (Lipinski definition) is 2. The van der Waals surface area contributed by atoms with Crippen molar-refractivity contribution in [1.29, 1.82) is 0 Å². The van der Waals surface area contributed by atoms with Crippen LogP contribution in [0, 0.1) is 5.82 Å². The van der Waals surface area contributed by atoms with Crippen molar-refractivity contribution in [2.24, 2.45) is 0 Å². The molecule has 5 rings (SSSR count). The minimum Gasteiger partial charge on any atom is -0.389 e. The number of hydrogen-bond acceptors (Lipinski definition) is 5. The molecule has 7 nitrogen and oxygen atoms in total. The fourth-order valence-corrected chi connectivity index (χ4v) is 5.41. The Morgan fingerprint density at radius 3 is 1.89 bits per heavy atom. The van der Waals surface area contributed by atoms with Crippen molar-refractivity contribution in [2.45, 2.75) is 28.9 Å². The molecular formula is C28H24BrFN2O5. The number of nitrogens with one attached hydrogen (secondary N) is 1. The SMILES string of the molecule is O=c1[nH]c(=O)n([C@@H]2O[C@H](COC(c3ccccc3)(c3ccccc3)c3ccccc3)[C@H](O)[C@H]2Br)cc1F. The summed E-state index contributed by atoms with van der Waals surface area (Å²) in [7, 11) is 0. The summed E-state index contributed by atoms with van der Waals surface area (Å²) in [5, 5.41) is 11.0. The van der Waals surface area contributed by atoms with E-state index in [0.717, 1.165) is 27.5 Å². The van der Waals surface area contributed by atoms with E-state index < -0.39 is 45.9 Å². The third kappa shape index (κ3) is 4.71. The topological polar surface area (TPSA) is 93.6 Å². The average molecular weight is 567 g/mol. The summed E-state index contributed by atoms with van der Waals surface area (Å²) in [5.74, 6) is -1.13. The molecule has 0 unspecified atom stereocenters. The van der Waals surface area contributed by atoms with Crippen molar-refractivity contribution < 1.29 is 19.0 Å². The smallest absolute Gasteiger partial charge is 0.330 e. The molecule has 0 aliphatic carbocycles. The molecule has 0 saturated carbocycles. The molecule has 9 heteroatoms. The van der Waals surface area contributed by atoms with Gasteiger partial charge in [0.1, 0.15) is 11.7 Å². The number of aromatic amines is 1. The van der Waals surface area contributed by atoms with Crippen LogP contribution in [-0.4, -0.2) is 38.3 Å². The highest BCUT2D eigenvalue weighted by Crippen LogP contribution is 2.42. The van der Waals surface area contributed by atoms with Crippen LogP contribution in [0.25, 0.3) is 0 Å². The lowest BCUT2D eigenvalue weighted by atomic mass is 9.80. The van der Waals surface area contributed by atoms with E-state index >= 15 is 0 Å². The molecule has 0 spiro atoms. The van der Waals surface area contributed by atoms with Crippen LogP contribution in [0.2, 0.25) is 0 Å². The first-order chi connectivity index (χ1) is 17.9. The Bertz CT molecular complexity index is 1370. The van der Waals surface area contributed by atoms with Gasteiger partial charge in [0.25, 0.3) is 5.56 Å². The predicted molar refractivity (Wildman–Crippen MR) is 139 cm³/mol. The Labute approximate surface area is 220 Å². The maximum atomic E-state index is 13.9. The summed E-state index contributed by atoms with van der Waals surface area (Å²) < 4.78 is 27.6. The molecule has 4 aromatic rings. The zero-order valence-corrected chi connectivity index (χ0v) is 21.1. The molecule has 0 bridgehead atoms. The van der Waals surface area contributed by atoms with Gasteiger partial charge in [0, 0.05) is 0 Å². The third-order valence-electron chi connectivity index (χ3n) is 6.50. The molecule has 37 heavy (non-hydrogen) atoms. The van der Waals surface area contributed by atoms with Gasteiger partial charge in [-0.3, -0.25) is 14.3 Å². The quantitative estimate of drug-likeness (QED) is 0.263. The van der Waals surface area contributed by atoms with Gasteiger partial charge < -0.3 is 14.6 Å². The number of H-pyrrole nitrogens is 1. The van der Waals surface area contributed by atoms with E-state index in [1.807, 2.05) is 96.0 Å². The van der Waals surface area contributed by atoms with Crippen molar-refractivity contribution in [3.05, 3.63) is 141 Å².